The molecule has 22 heavy (non-hydrogen) atoms. The molecule has 0 saturated carbocycles. The number of carbonyl (C=O) groups excluding carboxylic acids is 1. The third kappa shape index (κ3) is 5.24. The molecule has 2 fully saturated rings. The average molecular weight is 309 g/mol. The zero-order valence-electron chi connectivity index (χ0n) is 14.8. The quantitative estimate of drug-likeness (QED) is 0.818. The van der Waals surface area contributed by atoms with E-state index in [1.165, 1.54) is 32.4 Å². The summed E-state index contributed by atoms with van der Waals surface area (Å²) < 4.78 is 0. The summed E-state index contributed by atoms with van der Waals surface area (Å²) in [4.78, 5) is 17.4. The number of piperidine rings is 2. The lowest BCUT2D eigenvalue weighted by Crippen LogP contribution is -2.51. The maximum Gasteiger partial charge on any atom is 0.237 e. The van der Waals surface area contributed by atoms with Crippen molar-refractivity contribution in [2.45, 2.75) is 58.9 Å². The summed E-state index contributed by atoms with van der Waals surface area (Å²) in [6, 6.07) is 0.118. The van der Waals surface area contributed by atoms with Crippen molar-refractivity contribution in [2.24, 2.45) is 11.8 Å². The number of carbonyl (C=O) groups is 1. The molecule has 0 aromatic rings. The molecule has 2 saturated heterocycles. The number of hydrogen-bond donors (Lipinski definition) is 1. The lowest BCUT2D eigenvalue weighted by Gasteiger charge is -2.36. The number of nitrogens with one attached hydrogen (secondary N) is 1. The summed E-state index contributed by atoms with van der Waals surface area (Å²) in [7, 11) is 0. The van der Waals surface area contributed by atoms with Gasteiger partial charge in [-0.3, -0.25) is 9.69 Å². The summed E-state index contributed by atoms with van der Waals surface area (Å²) in [5, 5.41) is 3.20. The lowest BCUT2D eigenvalue weighted by atomic mass is 9.92. The van der Waals surface area contributed by atoms with Gasteiger partial charge >= 0.3 is 0 Å². The van der Waals surface area contributed by atoms with E-state index in [4.69, 9.17) is 0 Å². The van der Waals surface area contributed by atoms with Crippen molar-refractivity contribution in [1.29, 1.82) is 0 Å². The van der Waals surface area contributed by atoms with Crippen LogP contribution < -0.4 is 5.32 Å². The number of amides is 1. The van der Waals surface area contributed by atoms with Gasteiger partial charge in [0.25, 0.3) is 0 Å². The fraction of sp³-hybridized carbons (Fsp3) is 0.944. The Hall–Kier alpha value is -0.610. The van der Waals surface area contributed by atoms with Gasteiger partial charge in [0, 0.05) is 26.2 Å². The van der Waals surface area contributed by atoms with E-state index in [2.05, 4.69) is 35.9 Å². The number of likely N-dealkylation sites (tertiary alicyclic amines) is 2. The Morgan fingerprint density at radius 1 is 1.14 bits per heavy atom. The number of hydrogen-bond acceptors (Lipinski definition) is 3. The molecule has 0 aromatic carbocycles. The van der Waals surface area contributed by atoms with Crippen LogP contribution in [0, 0.1) is 11.8 Å². The first-order valence-electron chi connectivity index (χ1n) is 9.34. The van der Waals surface area contributed by atoms with E-state index < -0.39 is 0 Å². The van der Waals surface area contributed by atoms with Gasteiger partial charge in [0.2, 0.25) is 5.91 Å². The van der Waals surface area contributed by atoms with Gasteiger partial charge in [0.05, 0.1) is 6.04 Å². The molecule has 1 amide bonds. The molecule has 0 bridgehead atoms. The molecule has 0 spiro atoms. The highest BCUT2D eigenvalue weighted by atomic mass is 16.2. The molecule has 4 heteroatoms. The van der Waals surface area contributed by atoms with E-state index in [9.17, 15) is 4.79 Å². The minimum Gasteiger partial charge on any atom is -0.353 e. The van der Waals surface area contributed by atoms with Crippen molar-refractivity contribution < 1.29 is 4.79 Å². The Morgan fingerprint density at radius 2 is 1.86 bits per heavy atom. The third-order valence-electron chi connectivity index (χ3n) is 5.10. The molecule has 3 unspecified atom stereocenters. The highest BCUT2D eigenvalue weighted by Crippen LogP contribution is 2.20. The minimum atomic E-state index is 0.118. The van der Waals surface area contributed by atoms with E-state index >= 15 is 0 Å². The normalized spacial score (nSPS) is 31.1. The van der Waals surface area contributed by atoms with Crippen LogP contribution in [-0.2, 0) is 4.79 Å². The van der Waals surface area contributed by atoms with Gasteiger partial charge in [-0.1, -0.05) is 27.2 Å². The first-order valence-corrected chi connectivity index (χ1v) is 9.34. The molecule has 0 radical (unpaired) electrons. The SMILES string of the molecule is CCCN1CCCCC1C(=O)NCCN1CC(C)CC(C)C1. The zero-order valence-corrected chi connectivity index (χ0v) is 14.8. The molecule has 3 atom stereocenters. The molecule has 2 aliphatic heterocycles. The lowest BCUT2D eigenvalue weighted by molar-refractivity contribution is -0.127. The van der Waals surface area contributed by atoms with Crippen molar-refractivity contribution in [3.8, 4) is 0 Å². The number of nitrogens with zero attached hydrogens (tertiary/aromatic N) is 2. The number of rotatable bonds is 6. The molecular formula is C18H35N3O. The Balaban J connectivity index is 1.72. The van der Waals surface area contributed by atoms with Gasteiger partial charge in [0.15, 0.2) is 0 Å². The summed E-state index contributed by atoms with van der Waals surface area (Å²) >= 11 is 0. The van der Waals surface area contributed by atoms with Gasteiger partial charge in [-0.15, -0.1) is 0 Å². The molecule has 2 aliphatic rings. The van der Waals surface area contributed by atoms with Crippen LogP contribution in [-0.4, -0.2) is 61.0 Å². The van der Waals surface area contributed by atoms with E-state index in [1.807, 2.05) is 0 Å². The van der Waals surface area contributed by atoms with Crippen molar-refractivity contribution >= 4 is 5.91 Å². The van der Waals surface area contributed by atoms with E-state index in [0.717, 1.165) is 50.9 Å². The Morgan fingerprint density at radius 3 is 2.55 bits per heavy atom. The minimum absolute atomic E-state index is 0.118. The Bertz CT molecular complexity index is 335. The standard InChI is InChI=1S/C18H35N3O/c1-4-9-21-10-6-5-7-17(21)18(22)19-8-11-20-13-15(2)12-16(3)14-20/h15-17H,4-14H2,1-3H3,(H,19,22). The average Bonchev–Trinajstić information content (AvgIpc) is 2.47. The predicted octanol–water partition coefficient (Wildman–Crippen LogP) is 2.34. The maximum atomic E-state index is 12.5. The van der Waals surface area contributed by atoms with Crippen LogP contribution in [0.1, 0.15) is 52.9 Å². The Kier molecular flexibility index (Phi) is 7.16. The van der Waals surface area contributed by atoms with Crippen molar-refractivity contribution in [3.63, 3.8) is 0 Å². The summed E-state index contributed by atoms with van der Waals surface area (Å²) in [6.07, 6.45) is 5.95. The molecule has 0 aromatic heterocycles. The highest BCUT2D eigenvalue weighted by molar-refractivity contribution is 5.81. The molecule has 1 N–H and O–H groups in total. The zero-order chi connectivity index (χ0) is 15.9. The summed E-state index contributed by atoms with van der Waals surface area (Å²) in [5.41, 5.74) is 0. The monoisotopic (exact) mass is 309 g/mol. The van der Waals surface area contributed by atoms with Gasteiger partial charge in [0.1, 0.15) is 0 Å². The van der Waals surface area contributed by atoms with Crippen molar-refractivity contribution in [1.82, 2.24) is 15.1 Å². The van der Waals surface area contributed by atoms with E-state index in [-0.39, 0.29) is 11.9 Å². The summed E-state index contributed by atoms with van der Waals surface area (Å²) in [6.45, 7) is 13.2. The van der Waals surface area contributed by atoms with Crippen LogP contribution in [0.25, 0.3) is 0 Å². The topological polar surface area (TPSA) is 35.6 Å². The van der Waals surface area contributed by atoms with Crippen LogP contribution in [0.4, 0.5) is 0 Å². The molecule has 128 valence electrons. The molecule has 0 aliphatic carbocycles. The molecule has 4 nitrogen and oxygen atoms in total. The van der Waals surface area contributed by atoms with Crippen LogP contribution in [0.5, 0.6) is 0 Å². The van der Waals surface area contributed by atoms with Gasteiger partial charge in [-0.05, 0) is 50.6 Å². The van der Waals surface area contributed by atoms with Gasteiger partial charge in [-0.25, -0.2) is 0 Å². The van der Waals surface area contributed by atoms with Crippen LogP contribution in [0.15, 0.2) is 0 Å². The second-order valence-corrected chi connectivity index (χ2v) is 7.54. The van der Waals surface area contributed by atoms with Crippen LogP contribution >= 0.6 is 0 Å². The Labute approximate surface area is 136 Å². The largest absolute Gasteiger partial charge is 0.353 e. The maximum absolute atomic E-state index is 12.5. The first-order chi connectivity index (χ1) is 10.6. The molecular weight excluding hydrogens is 274 g/mol. The fourth-order valence-electron chi connectivity index (χ4n) is 4.27. The first kappa shape index (κ1) is 17.7. The molecule has 2 heterocycles. The second-order valence-electron chi connectivity index (χ2n) is 7.54. The molecule has 2 rings (SSSR count). The fourth-order valence-corrected chi connectivity index (χ4v) is 4.27. The van der Waals surface area contributed by atoms with Gasteiger partial charge < -0.3 is 10.2 Å². The second kappa shape index (κ2) is 8.88. The third-order valence-corrected chi connectivity index (χ3v) is 5.10. The van der Waals surface area contributed by atoms with Crippen molar-refractivity contribution in [2.75, 3.05) is 39.3 Å². The predicted molar refractivity (Wildman–Crippen MR) is 91.9 cm³/mol. The van der Waals surface area contributed by atoms with Crippen LogP contribution in [0.2, 0.25) is 0 Å². The summed E-state index contributed by atoms with van der Waals surface area (Å²) in [5.74, 6) is 1.84. The van der Waals surface area contributed by atoms with Crippen LogP contribution in [0.3, 0.4) is 0 Å². The van der Waals surface area contributed by atoms with E-state index in [1.54, 1.807) is 0 Å². The van der Waals surface area contributed by atoms with Gasteiger partial charge in [-0.2, -0.15) is 0 Å². The smallest absolute Gasteiger partial charge is 0.237 e. The van der Waals surface area contributed by atoms with Crippen molar-refractivity contribution in [3.05, 3.63) is 0 Å². The van der Waals surface area contributed by atoms with E-state index in [0.29, 0.717) is 0 Å². The highest BCUT2D eigenvalue weighted by Gasteiger charge is 2.28.